The van der Waals surface area contributed by atoms with Crippen LogP contribution in [0.2, 0.25) is 5.02 Å². The molecule has 0 radical (unpaired) electrons. The Kier molecular flexibility index (Phi) is 4.04. The quantitative estimate of drug-likeness (QED) is 0.916. The normalized spacial score (nSPS) is 21.5. The molecule has 104 valence electrons. The molecular weight excluding hydrogens is 268 g/mol. The van der Waals surface area contributed by atoms with Crippen molar-refractivity contribution >= 4 is 11.6 Å². The highest BCUT2D eigenvalue weighted by Crippen LogP contribution is 2.39. The highest BCUT2D eigenvalue weighted by atomic mass is 35.5. The number of hydrogen-bond acceptors (Lipinski definition) is 2. The van der Waals surface area contributed by atoms with E-state index in [1.165, 1.54) is 11.1 Å². The zero-order valence-electron chi connectivity index (χ0n) is 11.6. The molecule has 0 spiro atoms. The van der Waals surface area contributed by atoms with Crippen LogP contribution in [0.15, 0.2) is 42.6 Å². The predicted octanol–water partition coefficient (Wildman–Crippen LogP) is 4.08. The maximum Gasteiger partial charge on any atom is 0.0570 e. The van der Waals surface area contributed by atoms with Gasteiger partial charge in [-0.05, 0) is 48.9 Å². The fourth-order valence-corrected chi connectivity index (χ4v) is 3.08. The highest BCUT2D eigenvalue weighted by molar-refractivity contribution is 6.31. The third-order valence-corrected chi connectivity index (χ3v) is 4.50. The minimum absolute atomic E-state index is 0.581. The van der Waals surface area contributed by atoms with Gasteiger partial charge in [-0.1, -0.05) is 35.9 Å². The summed E-state index contributed by atoms with van der Waals surface area (Å²) in [5.74, 6) is 0.603. The van der Waals surface area contributed by atoms with Gasteiger partial charge in [0.1, 0.15) is 0 Å². The Morgan fingerprint density at radius 1 is 1.20 bits per heavy atom. The van der Waals surface area contributed by atoms with Crippen molar-refractivity contribution in [2.75, 3.05) is 0 Å². The molecule has 1 heterocycles. The molecule has 1 fully saturated rings. The summed E-state index contributed by atoms with van der Waals surface area (Å²) in [5.41, 5.74) is 3.69. The van der Waals surface area contributed by atoms with Crippen LogP contribution in [0.1, 0.15) is 35.6 Å². The summed E-state index contributed by atoms with van der Waals surface area (Å²) in [6.07, 6.45) is 4.18. The van der Waals surface area contributed by atoms with Gasteiger partial charge in [0.25, 0.3) is 0 Å². The van der Waals surface area contributed by atoms with E-state index in [0.717, 1.165) is 30.1 Å². The van der Waals surface area contributed by atoms with E-state index < -0.39 is 0 Å². The molecule has 1 saturated carbocycles. The molecule has 3 rings (SSSR count). The summed E-state index contributed by atoms with van der Waals surface area (Å²) in [4.78, 5) is 4.42. The first-order valence-corrected chi connectivity index (χ1v) is 7.50. The van der Waals surface area contributed by atoms with Crippen LogP contribution in [0.5, 0.6) is 0 Å². The van der Waals surface area contributed by atoms with Gasteiger partial charge in [0.05, 0.1) is 5.69 Å². The van der Waals surface area contributed by atoms with Gasteiger partial charge in [-0.2, -0.15) is 0 Å². The Morgan fingerprint density at radius 3 is 2.75 bits per heavy atom. The average molecular weight is 287 g/mol. The molecule has 2 nitrogen and oxygen atoms in total. The number of nitrogens with zero attached hydrogens (tertiary/aromatic N) is 1. The standard InChI is InChI=1S/C17H19ClN2/c1-12-5-4-8-19-17(12)11-20-14-9-13(10-14)15-6-2-3-7-16(15)18/h2-8,13-14,20H,9-11H2,1H3. The second-order valence-electron chi connectivity index (χ2n) is 5.53. The lowest BCUT2D eigenvalue weighted by Crippen LogP contribution is -2.40. The second-order valence-corrected chi connectivity index (χ2v) is 5.94. The Labute approximate surface area is 125 Å². The highest BCUT2D eigenvalue weighted by Gasteiger charge is 2.31. The van der Waals surface area contributed by atoms with Gasteiger partial charge in [-0.15, -0.1) is 0 Å². The lowest BCUT2D eigenvalue weighted by molar-refractivity contribution is 0.288. The van der Waals surface area contributed by atoms with E-state index in [1.54, 1.807) is 0 Å². The summed E-state index contributed by atoms with van der Waals surface area (Å²) in [7, 11) is 0. The number of halogens is 1. The second kappa shape index (κ2) is 5.94. The number of aryl methyl sites for hydroxylation is 1. The van der Waals surface area contributed by atoms with Gasteiger partial charge < -0.3 is 5.32 Å². The van der Waals surface area contributed by atoms with E-state index in [-0.39, 0.29) is 0 Å². The van der Waals surface area contributed by atoms with Crippen LogP contribution in [0.25, 0.3) is 0 Å². The van der Waals surface area contributed by atoms with Crippen molar-refractivity contribution in [1.29, 1.82) is 0 Å². The van der Waals surface area contributed by atoms with Crippen molar-refractivity contribution in [2.24, 2.45) is 0 Å². The van der Waals surface area contributed by atoms with Crippen molar-refractivity contribution in [1.82, 2.24) is 10.3 Å². The maximum atomic E-state index is 6.24. The molecule has 0 bridgehead atoms. The Bertz CT molecular complexity index is 588. The van der Waals surface area contributed by atoms with E-state index in [9.17, 15) is 0 Å². The minimum atomic E-state index is 0.581. The van der Waals surface area contributed by atoms with E-state index >= 15 is 0 Å². The first-order chi connectivity index (χ1) is 9.74. The molecule has 1 aliphatic carbocycles. The van der Waals surface area contributed by atoms with Crippen molar-refractivity contribution in [3.05, 3.63) is 64.4 Å². The van der Waals surface area contributed by atoms with Crippen molar-refractivity contribution in [3.8, 4) is 0 Å². The minimum Gasteiger partial charge on any atom is -0.308 e. The van der Waals surface area contributed by atoms with Crippen molar-refractivity contribution in [2.45, 2.75) is 38.3 Å². The SMILES string of the molecule is Cc1cccnc1CNC1CC(c2ccccc2Cl)C1. The molecule has 0 aliphatic heterocycles. The first-order valence-electron chi connectivity index (χ1n) is 7.12. The number of hydrogen-bond donors (Lipinski definition) is 1. The molecular formula is C17H19ClN2. The molecule has 1 aromatic heterocycles. The van der Waals surface area contributed by atoms with Crippen LogP contribution in [-0.4, -0.2) is 11.0 Å². The molecule has 1 aromatic carbocycles. The van der Waals surface area contributed by atoms with Crippen LogP contribution in [-0.2, 0) is 6.54 Å². The van der Waals surface area contributed by atoms with Crippen LogP contribution >= 0.6 is 11.6 Å². The van der Waals surface area contributed by atoms with Crippen molar-refractivity contribution < 1.29 is 0 Å². The van der Waals surface area contributed by atoms with Crippen LogP contribution in [0, 0.1) is 6.92 Å². The molecule has 0 amide bonds. The fraction of sp³-hybridized carbons (Fsp3) is 0.353. The molecule has 0 atom stereocenters. The maximum absolute atomic E-state index is 6.24. The van der Waals surface area contributed by atoms with Gasteiger partial charge >= 0.3 is 0 Å². The van der Waals surface area contributed by atoms with Gasteiger partial charge in [-0.25, -0.2) is 0 Å². The van der Waals surface area contributed by atoms with Crippen LogP contribution in [0.3, 0.4) is 0 Å². The number of rotatable bonds is 4. The predicted molar refractivity (Wildman–Crippen MR) is 83.0 cm³/mol. The molecule has 1 N–H and O–H groups in total. The summed E-state index contributed by atoms with van der Waals surface area (Å²) < 4.78 is 0. The van der Waals surface area contributed by atoms with Gasteiger partial charge in [0.2, 0.25) is 0 Å². The van der Waals surface area contributed by atoms with Gasteiger partial charge in [0, 0.05) is 23.8 Å². The largest absolute Gasteiger partial charge is 0.308 e. The van der Waals surface area contributed by atoms with E-state index in [4.69, 9.17) is 11.6 Å². The number of benzene rings is 1. The van der Waals surface area contributed by atoms with Crippen LogP contribution < -0.4 is 5.32 Å². The average Bonchev–Trinajstić information content (AvgIpc) is 2.41. The van der Waals surface area contributed by atoms with Gasteiger partial charge in [0.15, 0.2) is 0 Å². The number of aromatic nitrogens is 1. The summed E-state index contributed by atoms with van der Waals surface area (Å²) in [5, 5.41) is 4.49. The first kappa shape index (κ1) is 13.6. The monoisotopic (exact) mass is 286 g/mol. The summed E-state index contributed by atoms with van der Waals surface area (Å²) >= 11 is 6.24. The van der Waals surface area contributed by atoms with E-state index in [1.807, 2.05) is 24.4 Å². The molecule has 0 saturated heterocycles. The Morgan fingerprint density at radius 2 is 2.00 bits per heavy atom. The number of nitrogens with one attached hydrogen (secondary N) is 1. The fourth-order valence-electron chi connectivity index (χ4n) is 2.79. The van der Waals surface area contributed by atoms with Crippen molar-refractivity contribution in [3.63, 3.8) is 0 Å². The molecule has 1 aliphatic rings. The molecule has 0 unspecified atom stereocenters. The summed E-state index contributed by atoms with van der Waals surface area (Å²) in [6.45, 7) is 2.96. The Hall–Kier alpha value is -1.38. The molecule has 3 heteroatoms. The third-order valence-electron chi connectivity index (χ3n) is 4.16. The topological polar surface area (TPSA) is 24.9 Å². The number of pyridine rings is 1. The lowest BCUT2D eigenvalue weighted by Gasteiger charge is -2.36. The van der Waals surface area contributed by atoms with E-state index in [0.29, 0.717) is 12.0 Å². The van der Waals surface area contributed by atoms with Crippen LogP contribution in [0.4, 0.5) is 0 Å². The Balaban J connectivity index is 1.52. The zero-order chi connectivity index (χ0) is 13.9. The third kappa shape index (κ3) is 2.87. The smallest absolute Gasteiger partial charge is 0.0570 e. The zero-order valence-corrected chi connectivity index (χ0v) is 12.4. The van der Waals surface area contributed by atoms with Gasteiger partial charge in [-0.3, -0.25) is 4.98 Å². The molecule has 20 heavy (non-hydrogen) atoms. The molecule has 2 aromatic rings. The lowest BCUT2D eigenvalue weighted by atomic mass is 9.76. The summed E-state index contributed by atoms with van der Waals surface area (Å²) in [6, 6.07) is 12.9. The van der Waals surface area contributed by atoms with E-state index in [2.05, 4.69) is 35.4 Å².